The second-order valence-electron chi connectivity index (χ2n) is 11.3. The van der Waals surface area contributed by atoms with Gasteiger partial charge < -0.3 is 28.4 Å². The number of hydrogen-bond donors (Lipinski definition) is 0. The van der Waals surface area contributed by atoms with Crippen LogP contribution in [0.3, 0.4) is 0 Å². The number of ether oxygens (including phenoxy) is 6. The highest BCUT2D eigenvalue weighted by Gasteiger charge is 2.60. The first kappa shape index (κ1) is 30.7. The lowest BCUT2D eigenvalue weighted by Gasteiger charge is -2.54. The molecule has 1 saturated carbocycles. The molecule has 0 amide bonds. The van der Waals surface area contributed by atoms with Crippen LogP contribution in [0.25, 0.3) is 6.08 Å². The molecule has 0 N–H and O–H groups in total. The van der Waals surface area contributed by atoms with E-state index in [1.165, 1.54) is 6.92 Å². The lowest BCUT2D eigenvalue weighted by Crippen LogP contribution is -2.67. The largest absolute Gasteiger partial charge is 0.497 e. The zero-order valence-corrected chi connectivity index (χ0v) is 25.5. The number of fused-ring (bicyclic) bond motifs is 3. The predicted molar refractivity (Wildman–Crippen MR) is 170 cm³/mol. The van der Waals surface area contributed by atoms with Gasteiger partial charge in [0, 0.05) is 6.92 Å². The molecule has 0 radical (unpaired) electrons. The summed E-state index contributed by atoms with van der Waals surface area (Å²) in [7, 11) is 1.64. The van der Waals surface area contributed by atoms with Crippen molar-refractivity contribution in [3.8, 4) is 5.75 Å². The second-order valence-corrected chi connectivity index (χ2v) is 11.3. The van der Waals surface area contributed by atoms with Crippen molar-refractivity contribution >= 4 is 12.0 Å². The van der Waals surface area contributed by atoms with Gasteiger partial charge in [-0.1, -0.05) is 109 Å². The molecular formula is C38H38O7. The first-order valence-electron chi connectivity index (χ1n) is 15.2. The van der Waals surface area contributed by atoms with E-state index in [4.69, 9.17) is 28.4 Å². The molecule has 6 atom stereocenters. The average molecular weight is 607 g/mol. The number of carbonyl (C=O) groups excluding carboxylic acids is 1. The average Bonchev–Trinajstić information content (AvgIpc) is 3.08. The fourth-order valence-electron chi connectivity index (χ4n) is 6.03. The van der Waals surface area contributed by atoms with Crippen molar-refractivity contribution in [3.05, 3.63) is 143 Å². The minimum atomic E-state index is -0.675. The fraction of sp³-hybridized carbons (Fsp3) is 0.289. The number of benzene rings is 4. The van der Waals surface area contributed by atoms with Crippen LogP contribution in [0.15, 0.2) is 121 Å². The normalized spacial score (nSPS) is 24.8. The Morgan fingerprint density at radius 1 is 0.689 bits per heavy atom. The topological polar surface area (TPSA) is 72.5 Å². The summed E-state index contributed by atoms with van der Waals surface area (Å²) in [5.41, 5.74) is 4.91. The number of esters is 1. The van der Waals surface area contributed by atoms with E-state index in [0.29, 0.717) is 19.8 Å². The summed E-state index contributed by atoms with van der Waals surface area (Å²) in [6.07, 6.45) is -0.919. The van der Waals surface area contributed by atoms with Gasteiger partial charge in [-0.15, -0.1) is 0 Å². The number of carbonyl (C=O) groups is 1. The zero-order valence-electron chi connectivity index (χ0n) is 25.5. The van der Waals surface area contributed by atoms with Crippen molar-refractivity contribution in [3.63, 3.8) is 0 Å². The molecule has 1 unspecified atom stereocenters. The van der Waals surface area contributed by atoms with E-state index in [-0.39, 0.29) is 0 Å². The molecule has 3 aliphatic rings. The van der Waals surface area contributed by atoms with E-state index >= 15 is 0 Å². The molecule has 2 heterocycles. The minimum Gasteiger partial charge on any atom is -0.497 e. The molecular weight excluding hydrogens is 568 g/mol. The summed E-state index contributed by atoms with van der Waals surface area (Å²) in [5.74, 6) is -0.0477. The van der Waals surface area contributed by atoms with Crippen molar-refractivity contribution in [2.45, 2.75) is 57.5 Å². The minimum absolute atomic E-state index is 0.315. The molecule has 232 valence electrons. The van der Waals surface area contributed by atoms with E-state index < -0.39 is 42.6 Å². The molecule has 45 heavy (non-hydrogen) atoms. The van der Waals surface area contributed by atoms with Crippen LogP contribution < -0.4 is 4.74 Å². The van der Waals surface area contributed by atoms with E-state index in [2.05, 4.69) is 6.08 Å². The Bertz CT molecular complexity index is 1540. The van der Waals surface area contributed by atoms with E-state index in [0.717, 1.165) is 33.6 Å². The molecule has 1 aliphatic carbocycles. The van der Waals surface area contributed by atoms with Gasteiger partial charge in [0.05, 0.1) is 39.0 Å². The van der Waals surface area contributed by atoms with Gasteiger partial charge in [-0.25, -0.2) is 0 Å². The Hall–Kier alpha value is -4.27. The van der Waals surface area contributed by atoms with Gasteiger partial charge in [-0.3, -0.25) is 4.79 Å². The SMILES string of the molecule is COc1ccc(CO[C@H]2O[C@@H]3C(OC(C)=O)/C(=C\c4ccccc4)[C@H]2[C@@H](OCc2ccccc2)[C@@H]3OCc2ccccc2)cc1. The van der Waals surface area contributed by atoms with Gasteiger partial charge in [0.15, 0.2) is 12.4 Å². The first-order valence-corrected chi connectivity index (χ1v) is 15.2. The molecule has 3 fully saturated rings. The Kier molecular flexibility index (Phi) is 10.0. The number of methoxy groups -OCH3 is 1. The fourth-order valence-corrected chi connectivity index (χ4v) is 6.03. The van der Waals surface area contributed by atoms with Crippen molar-refractivity contribution in [1.29, 1.82) is 0 Å². The van der Waals surface area contributed by atoms with Gasteiger partial charge in [0.25, 0.3) is 0 Å². The van der Waals surface area contributed by atoms with Gasteiger partial charge in [0.1, 0.15) is 18.0 Å². The standard InChI is InChI=1S/C38H38O7/c1-26(39)44-34-32(22-27-12-6-3-7-13-27)33-35(41-23-28-14-8-4-9-15-28)36(42-24-29-16-10-5-11-17-29)37(34)45-38(33)43-25-30-18-20-31(40-2)21-19-30/h3-22,33-38H,23-25H2,1-2H3/b32-22-/t33-,34?,35+,36-,37+,38-/m0/s1. The van der Waals surface area contributed by atoms with Crippen molar-refractivity contribution in [1.82, 2.24) is 0 Å². The van der Waals surface area contributed by atoms with Gasteiger partial charge >= 0.3 is 5.97 Å². The van der Waals surface area contributed by atoms with Crippen molar-refractivity contribution in [2.24, 2.45) is 5.92 Å². The van der Waals surface area contributed by atoms with Gasteiger partial charge in [-0.2, -0.15) is 0 Å². The van der Waals surface area contributed by atoms with Crippen LogP contribution in [0.1, 0.15) is 29.2 Å². The van der Waals surface area contributed by atoms with Gasteiger partial charge in [0.2, 0.25) is 0 Å². The lowest BCUT2D eigenvalue weighted by molar-refractivity contribution is -0.328. The van der Waals surface area contributed by atoms with Crippen LogP contribution in [-0.4, -0.2) is 43.8 Å². The van der Waals surface area contributed by atoms with Gasteiger partial charge in [-0.05, 0) is 40.0 Å². The summed E-state index contributed by atoms with van der Waals surface area (Å²) in [4.78, 5) is 12.5. The quantitative estimate of drug-likeness (QED) is 0.165. The van der Waals surface area contributed by atoms with Crippen LogP contribution in [0.4, 0.5) is 0 Å². The maximum atomic E-state index is 12.5. The molecule has 0 aromatic heterocycles. The third-order valence-electron chi connectivity index (χ3n) is 8.17. The first-order chi connectivity index (χ1) is 22.1. The van der Waals surface area contributed by atoms with E-state index in [1.807, 2.05) is 115 Å². The Balaban J connectivity index is 1.37. The van der Waals surface area contributed by atoms with Crippen LogP contribution in [0.5, 0.6) is 5.75 Å². The zero-order chi connectivity index (χ0) is 31.0. The smallest absolute Gasteiger partial charge is 0.303 e. The number of hydrogen-bond acceptors (Lipinski definition) is 7. The third-order valence-corrected chi connectivity index (χ3v) is 8.17. The lowest BCUT2D eigenvalue weighted by atomic mass is 9.72. The highest BCUT2D eigenvalue weighted by atomic mass is 16.7. The Labute approximate surface area is 264 Å². The maximum Gasteiger partial charge on any atom is 0.303 e. The monoisotopic (exact) mass is 606 g/mol. The highest BCUT2D eigenvalue weighted by Crippen LogP contribution is 2.47. The van der Waals surface area contributed by atoms with E-state index in [9.17, 15) is 4.79 Å². The molecule has 7 nitrogen and oxygen atoms in total. The van der Waals surface area contributed by atoms with Crippen LogP contribution in [0.2, 0.25) is 0 Å². The Morgan fingerprint density at radius 3 is 1.80 bits per heavy atom. The molecule has 2 aliphatic heterocycles. The summed E-state index contributed by atoms with van der Waals surface area (Å²) in [6.45, 7) is 2.46. The maximum absolute atomic E-state index is 12.5. The van der Waals surface area contributed by atoms with Crippen LogP contribution in [-0.2, 0) is 48.3 Å². The summed E-state index contributed by atoms with van der Waals surface area (Å²) < 4.78 is 37.8. The molecule has 4 aromatic carbocycles. The van der Waals surface area contributed by atoms with Crippen molar-refractivity contribution in [2.75, 3.05) is 7.11 Å². The molecule has 7 heteroatoms. The van der Waals surface area contributed by atoms with Crippen molar-refractivity contribution < 1.29 is 33.2 Å². The third kappa shape index (κ3) is 7.52. The summed E-state index contributed by atoms with van der Waals surface area (Å²) >= 11 is 0. The summed E-state index contributed by atoms with van der Waals surface area (Å²) in [6, 6.07) is 37.8. The molecule has 0 spiro atoms. The Morgan fingerprint density at radius 2 is 1.22 bits per heavy atom. The second kappa shape index (κ2) is 14.7. The van der Waals surface area contributed by atoms with E-state index in [1.54, 1.807) is 7.11 Å². The highest BCUT2D eigenvalue weighted by molar-refractivity contribution is 5.67. The predicted octanol–water partition coefficient (Wildman–Crippen LogP) is 6.75. The molecule has 2 saturated heterocycles. The van der Waals surface area contributed by atoms with Crippen LogP contribution in [0, 0.1) is 5.92 Å². The molecule has 7 rings (SSSR count). The molecule has 4 aromatic rings. The molecule has 2 bridgehead atoms. The van der Waals surface area contributed by atoms with Crippen LogP contribution >= 0.6 is 0 Å². The number of rotatable bonds is 12. The summed E-state index contributed by atoms with van der Waals surface area (Å²) in [5, 5.41) is 0.